The van der Waals surface area contributed by atoms with Gasteiger partial charge in [-0.3, -0.25) is 4.79 Å². The second-order valence-electron chi connectivity index (χ2n) is 7.63. The van der Waals surface area contributed by atoms with Crippen LogP contribution in [-0.4, -0.2) is 32.8 Å². The van der Waals surface area contributed by atoms with Crippen LogP contribution in [0.15, 0.2) is 100 Å². The topological polar surface area (TPSA) is 93.4 Å². The SMILES string of the molecule is CC(=O)N1N=C(c2c[nH]c3ccccc23)C(N=Nc2ccccc2)C1c1ccc(O)cc1. The number of hydrogen-bond acceptors (Lipinski definition) is 5. The second kappa shape index (κ2) is 8.11. The summed E-state index contributed by atoms with van der Waals surface area (Å²) >= 11 is 0. The average molecular weight is 423 g/mol. The van der Waals surface area contributed by atoms with Crippen LogP contribution in [0.2, 0.25) is 0 Å². The number of carbonyl (C=O) groups is 1. The van der Waals surface area contributed by atoms with Gasteiger partial charge in [-0.05, 0) is 35.9 Å². The van der Waals surface area contributed by atoms with E-state index in [2.05, 4.69) is 15.2 Å². The minimum Gasteiger partial charge on any atom is -0.508 e. The summed E-state index contributed by atoms with van der Waals surface area (Å²) in [5.74, 6) is -0.0424. The van der Waals surface area contributed by atoms with E-state index in [9.17, 15) is 9.90 Å². The van der Waals surface area contributed by atoms with Crippen LogP contribution in [0.4, 0.5) is 5.69 Å². The number of aromatic nitrogens is 1. The number of nitrogens with one attached hydrogen (secondary N) is 1. The summed E-state index contributed by atoms with van der Waals surface area (Å²) in [5.41, 5.74) is 4.05. The minimum atomic E-state index is -0.525. The molecule has 2 unspecified atom stereocenters. The first-order chi connectivity index (χ1) is 15.6. The lowest BCUT2D eigenvalue weighted by molar-refractivity contribution is -0.130. The van der Waals surface area contributed by atoms with Gasteiger partial charge in [-0.1, -0.05) is 48.5 Å². The quantitative estimate of drug-likeness (QED) is 0.434. The number of benzene rings is 3. The molecule has 0 saturated heterocycles. The number of fused-ring (bicyclic) bond motifs is 1. The molecule has 1 aliphatic heterocycles. The molecule has 32 heavy (non-hydrogen) atoms. The van der Waals surface area contributed by atoms with Gasteiger partial charge in [-0.25, -0.2) is 5.01 Å². The second-order valence-corrected chi connectivity index (χ2v) is 7.63. The molecule has 2 N–H and O–H groups in total. The van der Waals surface area contributed by atoms with Gasteiger partial charge < -0.3 is 10.1 Å². The van der Waals surface area contributed by atoms with Crippen LogP contribution in [-0.2, 0) is 4.79 Å². The van der Waals surface area contributed by atoms with Crippen molar-refractivity contribution < 1.29 is 9.90 Å². The first kappa shape index (κ1) is 19.7. The maximum Gasteiger partial charge on any atom is 0.240 e. The number of phenolic OH excluding ortho intramolecular Hbond substituents is 1. The van der Waals surface area contributed by atoms with E-state index in [1.807, 2.05) is 60.8 Å². The van der Waals surface area contributed by atoms with Gasteiger partial charge in [0, 0.05) is 29.6 Å². The van der Waals surface area contributed by atoms with Gasteiger partial charge in [0.05, 0.1) is 11.4 Å². The smallest absolute Gasteiger partial charge is 0.240 e. The van der Waals surface area contributed by atoms with Gasteiger partial charge in [-0.15, -0.1) is 0 Å². The third-order valence-electron chi connectivity index (χ3n) is 5.53. The number of aromatic amines is 1. The van der Waals surface area contributed by atoms with Gasteiger partial charge in [0.15, 0.2) is 0 Å². The third-order valence-corrected chi connectivity index (χ3v) is 5.53. The fourth-order valence-corrected chi connectivity index (χ4v) is 4.02. The standard InChI is InChI=1S/C25H21N5O2/c1-16(31)30-25(17-11-13-19(32)14-12-17)24(28-27-18-7-3-2-4-8-18)23(29-30)21-15-26-22-10-6-5-9-20(21)22/h2-15,24-26,32H,1H3. The third kappa shape index (κ3) is 3.54. The number of amides is 1. The van der Waals surface area contributed by atoms with Crippen molar-refractivity contribution in [3.63, 3.8) is 0 Å². The van der Waals surface area contributed by atoms with Crippen LogP contribution in [0.1, 0.15) is 24.1 Å². The summed E-state index contributed by atoms with van der Waals surface area (Å²) in [6.07, 6.45) is 1.89. The summed E-state index contributed by atoms with van der Waals surface area (Å²) in [7, 11) is 0. The molecular weight excluding hydrogens is 402 g/mol. The van der Waals surface area contributed by atoms with Crippen LogP contribution in [0.5, 0.6) is 5.75 Å². The predicted octanol–water partition coefficient (Wildman–Crippen LogP) is 5.33. The monoisotopic (exact) mass is 423 g/mol. The van der Waals surface area contributed by atoms with E-state index < -0.39 is 12.1 Å². The molecule has 1 aromatic heterocycles. The van der Waals surface area contributed by atoms with Gasteiger partial charge in [0.1, 0.15) is 17.8 Å². The molecule has 7 heteroatoms. The molecule has 2 heterocycles. The highest BCUT2D eigenvalue weighted by Crippen LogP contribution is 2.38. The van der Waals surface area contributed by atoms with Gasteiger partial charge in [0.25, 0.3) is 0 Å². The van der Waals surface area contributed by atoms with Crippen molar-refractivity contribution in [1.29, 1.82) is 0 Å². The summed E-state index contributed by atoms with van der Waals surface area (Å²) in [4.78, 5) is 15.9. The Balaban J connectivity index is 1.66. The molecule has 0 saturated carbocycles. The van der Waals surface area contributed by atoms with Crippen molar-refractivity contribution in [2.75, 3.05) is 0 Å². The number of carbonyl (C=O) groups excluding carboxylic acids is 1. The summed E-state index contributed by atoms with van der Waals surface area (Å²) in [6, 6.07) is 23.2. The Bertz CT molecular complexity index is 1330. The van der Waals surface area contributed by atoms with Crippen molar-refractivity contribution in [3.8, 4) is 5.75 Å². The first-order valence-electron chi connectivity index (χ1n) is 10.3. The fraction of sp³-hybridized carbons (Fsp3) is 0.120. The number of aromatic hydroxyl groups is 1. The number of para-hydroxylation sites is 1. The largest absolute Gasteiger partial charge is 0.508 e. The van der Waals surface area contributed by atoms with Crippen molar-refractivity contribution in [2.45, 2.75) is 19.0 Å². The normalized spacial score (nSPS) is 18.4. The van der Waals surface area contributed by atoms with Gasteiger partial charge in [0.2, 0.25) is 5.91 Å². The molecule has 2 atom stereocenters. The molecule has 158 valence electrons. The minimum absolute atomic E-state index is 0.154. The Hall–Kier alpha value is -4.26. The number of phenols is 1. The Morgan fingerprint density at radius 2 is 1.72 bits per heavy atom. The molecule has 5 rings (SSSR count). The number of H-pyrrole nitrogens is 1. The molecule has 0 bridgehead atoms. The highest BCUT2D eigenvalue weighted by molar-refractivity contribution is 6.15. The zero-order valence-corrected chi connectivity index (χ0v) is 17.4. The number of nitrogens with zero attached hydrogens (tertiary/aromatic N) is 4. The van der Waals surface area contributed by atoms with Crippen molar-refractivity contribution in [2.24, 2.45) is 15.3 Å². The maximum absolute atomic E-state index is 12.6. The average Bonchev–Trinajstić information content (AvgIpc) is 3.40. The molecule has 0 spiro atoms. The summed E-state index contributed by atoms with van der Waals surface area (Å²) < 4.78 is 0. The summed E-state index contributed by atoms with van der Waals surface area (Å²) in [6.45, 7) is 1.49. The molecule has 3 aromatic carbocycles. The molecule has 7 nitrogen and oxygen atoms in total. The van der Waals surface area contributed by atoms with E-state index >= 15 is 0 Å². The highest BCUT2D eigenvalue weighted by atomic mass is 16.3. The Labute approximate surface area is 184 Å². The molecule has 0 aliphatic carbocycles. The predicted molar refractivity (Wildman–Crippen MR) is 123 cm³/mol. The molecule has 0 fully saturated rings. The highest BCUT2D eigenvalue weighted by Gasteiger charge is 2.42. The van der Waals surface area contributed by atoms with Gasteiger partial charge >= 0.3 is 0 Å². The van der Waals surface area contributed by atoms with Crippen LogP contribution < -0.4 is 0 Å². The zero-order chi connectivity index (χ0) is 22.1. The molecule has 1 amide bonds. The molecular formula is C25H21N5O2. The molecule has 1 aliphatic rings. The number of rotatable bonds is 4. The lowest BCUT2D eigenvalue weighted by Crippen LogP contribution is -2.31. The van der Waals surface area contributed by atoms with Crippen molar-refractivity contribution in [3.05, 3.63) is 96.2 Å². The Morgan fingerprint density at radius 3 is 2.47 bits per heavy atom. The zero-order valence-electron chi connectivity index (χ0n) is 17.4. The van der Waals surface area contributed by atoms with Crippen LogP contribution >= 0.6 is 0 Å². The molecule has 4 aromatic rings. The number of hydrogen-bond donors (Lipinski definition) is 2. The van der Waals surface area contributed by atoms with Crippen LogP contribution in [0.3, 0.4) is 0 Å². The van der Waals surface area contributed by atoms with E-state index in [1.165, 1.54) is 11.9 Å². The molecule has 0 radical (unpaired) electrons. The summed E-state index contributed by atoms with van der Waals surface area (Å²) in [5, 5.41) is 26.1. The number of hydrazone groups is 1. The lowest BCUT2D eigenvalue weighted by Gasteiger charge is -2.23. The van der Waals surface area contributed by atoms with E-state index in [-0.39, 0.29) is 11.7 Å². The van der Waals surface area contributed by atoms with Crippen LogP contribution in [0, 0.1) is 0 Å². The fourth-order valence-electron chi connectivity index (χ4n) is 4.02. The van der Waals surface area contributed by atoms with Gasteiger partial charge in [-0.2, -0.15) is 15.3 Å². The van der Waals surface area contributed by atoms with Crippen LogP contribution in [0.25, 0.3) is 10.9 Å². The number of azo groups is 1. The Morgan fingerprint density at radius 1 is 1.00 bits per heavy atom. The Kier molecular flexibility index (Phi) is 4.99. The first-order valence-corrected chi connectivity index (χ1v) is 10.3. The van der Waals surface area contributed by atoms with E-state index in [0.717, 1.165) is 27.7 Å². The lowest BCUT2D eigenvalue weighted by atomic mass is 9.93. The van der Waals surface area contributed by atoms with Crippen molar-refractivity contribution in [1.82, 2.24) is 9.99 Å². The van der Waals surface area contributed by atoms with E-state index in [1.54, 1.807) is 24.3 Å². The van der Waals surface area contributed by atoms with E-state index in [0.29, 0.717) is 5.71 Å². The maximum atomic E-state index is 12.6. The van der Waals surface area contributed by atoms with E-state index in [4.69, 9.17) is 5.10 Å². The van der Waals surface area contributed by atoms with Crippen molar-refractivity contribution >= 4 is 28.2 Å².